The van der Waals surface area contributed by atoms with E-state index in [4.69, 9.17) is 9.94 Å². The minimum Gasteiger partial charge on any atom is -0.492 e. The summed E-state index contributed by atoms with van der Waals surface area (Å²) in [6.45, 7) is 3.29. The number of aromatic nitrogens is 1. The van der Waals surface area contributed by atoms with Gasteiger partial charge in [0.05, 0.1) is 0 Å². The molecule has 0 aliphatic heterocycles. The number of ether oxygens (including phenoxy) is 1. The first-order valence-electron chi connectivity index (χ1n) is 13.9. The van der Waals surface area contributed by atoms with Crippen molar-refractivity contribution in [1.29, 1.82) is 0 Å². The number of hydroxylamine groups is 1. The fourth-order valence-electron chi connectivity index (χ4n) is 5.57. The number of aryl methyl sites for hydroxylation is 1. The summed E-state index contributed by atoms with van der Waals surface area (Å²) >= 11 is 0. The van der Waals surface area contributed by atoms with Gasteiger partial charge in [0.2, 0.25) is 0 Å². The van der Waals surface area contributed by atoms with Crippen LogP contribution in [-0.2, 0) is 24.2 Å². The number of likely N-dealkylation sites (N-methyl/N-ethyl adjacent to an activating group) is 1. The van der Waals surface area contributed by atoms with Crippen LogP contribution in [0.2, 0.25) is 0 Å². The van der Waals surface area contributed by atoms with Gasteiger partial charge < -0.3 is 14.6 Å². The van der Waals surface area contributed by atoms with E-state index in [2.05, 4.69) is 95.7 Å². The number of carbonyl (C=O) groups is 1. The molecule has 0 radical (unpaired) electrons. The summed E-state index contributed by atoms with van der Waals surface area (Å²) in [5.41, 5.74) is 9.01. The molecule has 7 heteroatoms. The molecule has 208 valence electrons. The molecule has 1 unspecified atom stereocenters. The minimum absolute atomic E-state index is 0.303. The normalized spacial score (nSPS) is 14.9. The van der Waals surface area contributed by atoms with E-state index in [0.717, 1.165) is 50.2 Å². The molecule has 0 saturated heterocycles. The Morgan fingerprint density at radius 3 is 2.83 bits per heavy atom. The molecule has 1 amide bonds. The SMILES string of the molecule is CN(C)CCOc1cccc(CN(CCc2c[nH]c3ccccc23)C2CCc3cc(C=CC(=O)NO)ccc32)c1. The summed E-state index contributed by atoms with van der Waals surface area (Å²) in [5, 5.41) is 10.1. The number of carbonyl (C=O) groups excluding carboxylic acids is 1. The third-order valence-corrected chi connectivity index (χ3v) is 7.63. The molecular weight excluding hydrogens is 500 g/mol. The molecule has 0 spiro atoms. The second-order valence-corrected chi connectivity index (χ2v) is 10.7. The number of rotatable bonds is 12. The number of nitrogens with one attached hydrogen (secondary N) is 2. The van der Waals surface area contributed by atoms with Gasteiger partial charge in [0.15, 0.2) is 0 Å². The van der Waals surface area contributed by atoms with Crippen molar-refractivity contribution in [2.75, 3.05) is 33.8 Å². The standard InChI is InChI=1S/C33H38N4O3/c1-36(2)18-19-40-28-7-5-6-25(21-28)23-37(17-16-27-22-34-31-9-4-3-8-29(27)31)32-14-12-26-20-24(10-13-30(26)32)11-15-33(38)35-39/h3-11,13,15,20-22,32,34,39H,12,14,16-19,23H2,1-2H3,(H,35,38). The monoisotopic (exact) mass is 538 g/mol. The van der Waals surface area contributed by atoms with Crippen molar-refractivity contribution < 1.29 is 14.7 Å². The summed E-state index contributed by atoms with van der Waals surface area (Å²) in [7, 11) is 4.10. The van der Waals surface area contributed by atoms with Gasteiger partial charge in [-0.05, 0) is 85.5 Å². The fraction of sp³-hybridized carbons (Fsp3) is 0.303. The highest BCUT2D eigenvalue weighted by Crippen LogP contribution is 2.38. The lowest BCUT2D eigenvalue weighted by Gasteiger charge is -2.30. The van der Waals surface area contributed by atoms with Crippen molar-refractivity contribution in [3.05, 3.63) is 107 Å². The lowest BCUT2D eigenvalue weighted by molar-refractivity contribution is -0.124. The average molecular weight is 539 g/mol. The highest BCUT2D eigenvalue weighted by atomic mass is 16.5. The zero-order chi connectivity index (χ0) is 27.9. The van der Waals surface area contributed by atoms with E-state index >= 15 is 0 Å². The lowest BCUT2D eigenvalue weighted by Crippen LogP contribution is -2.29. The van der Waals surface area contributed by atoms with Crippen LogP contribution in [0.5, 0.6) is 5.75 Å². The number of benzene rings is 3. The van der Waals surface area contributed by atoms with Crippen LogP contribution < -0.4 is 10.2 Å². The number of H-pyrrole nitrogens is 1. The third-order valence-electron chi connectivity index (χ3n) is 7.63. The molecule has 7 nitrogen and oxygen atoms in total. The van der Waals surface area contributed by atoms with Gasteiger partial charge in [-0.25, -0.2) is 5.48 Å². The summed E-state index contributed by atoms with van der Waals surface area (Å²) in [5.74, 6) is 0.376. The van der Waals surface area contributed by atoms with Crippen LogP contribution in [0.25, 0.3) is 17.0 Å². The quantitative estimate of drug-likeness (QED) is 0.129. The van der Waals surface area contributed by atoms with Crippen LogP contribution in [0, 0.1) is 0 Å². The summed E-state index contributed by atoms with van der Waals surface area (Å²) in [6.07, 6.45) is 8.21. The number of amides is 1. The number of aromatic amines is 1. The first-order chi connectivity index (χ1) is 19.5. The predicted molar refractivity (Wildman–Crippen MR) is 159 cm³/mol. The molecule has 5 rings (SSSR count). The van der Waals surface area contributed by atoms with Gasteiger partial charge in [-0.2, -0.15) is 0 Å². The van der Waals surface area contributed by atoms with Gasteiger partial charge in [0, 0.05) is 48.9 Å². The van der Waals surface area contributed by atoms with Crippen molar-refractivity contribution in [3.63, 3.8) is 0 Å². The molecule has 3 aromatic carbocycles. The van der Waals surface area contributed by atoms with Crippen LogP contribution in [0.4, 0.5) is 0 Å². The molecule has 1 aliphatic rings. The van der Waals surface area contributed by atoms with Gasteiger partial charge in [-0.15, -0.1) is 0 Å². The molecule has 1 aromatic heterocycles. The number of hydrogen-bond donors (Lipinski definition) is 3. The average Bonchev–Trinajstić information content (AvgIpc) is 3.58. The first-order valence-corrected chi connectivity index (χ1v) is 13.9. The van der Waals surface area contributed by atoms with E-state index in [1.165, 1.54) is 39.2 Å². The van der Waals surface area contributed by atoms with Crippen molar-refractivity contribution in [2.24, 2.45) is 0 Å². The van der Waals surface area contributed by atoms with Crippen LogP contribution in [-0.4, -0.2) is 59.7 Å². The van der Waals surface area contributed by atoms with Gasteiger partial charge in [0.1, 0.15) is 12.4 Å². The second-order valence-electron chi connectivity index (χ2n) is 10.7. The number of fused-ring (bicyclic) bond motifs is 2. The second kappa shape index (κ2) is 13.0. The zero-order valence-corrected chi connectivity index (χ0v) is 23.3. The van der Waals surface area contributed by atoms with Gasteiger partial charge >= 0.3 is 0 Å². The molecule has 40 heavy (non-hydrogen) atoms. The number of hydrogen-bond acceptors (Lipinski definition) is 5. The Balaban J connectivity index is 1.37. The largest absolute Gasteiger partial charge is 0.492 e. The van der Waals surface area contributed by atoms with Crippen molar-refractivity contribution in [3.8, 4) is 5.75 Å². The summed E-state index contributed by atoms with van der Waals surface area (Å²) in [4.78, 5) is 19.6. The van der Waals surface area contributed by atoms with E-state index in [1.54, 1.807) is 11.6 Å². The molecule has 0 saturated carbocycles. The first kappa shape index (κ1) is 27.6. The Kier molecular flexibility index (Phi) is 8.96. The summed E-state index contributed by atoms with van der Waals surface area (Å²) < 4.78 is 6.03. The topological polar surface area (TPSA) is 80.8 Å². The van der Waals surface area contributed by atoms with Crippen LogP contribution in [0.3, 0.4) is 0 Å². The molecule has 1 aliphatic carbocycles. The number of nitrogens with zero attached hydrogens (tertiary/aromatic N) is 2. The highest BCUT2D eigenvalue weighted by molar-refractivity contribution is 5.90. The van der Waals surface area contributed by atoms with E-state index < -0.39 is 5.91 Å². The van der Waals surface area contributed by atoms with Crippen molar-refractivity contribution >= 4 is 22.9 Å². The van der Waals surface area contributed by atoms with Crippen LogP contribution in [0.1, 0.15) is 40.3 Å². The van der Waals surface area contributed by atoms with Crippen LogP contribution >= 0.6 is 0 Å². The number of para-hydroxylation sites is 1. The molecule has 1 atom stereocenters. The Morgan fingerprint density at radius 1 is 1.10 bits per heavy atom. The zero-order valence-electron chi connectivity index (χ0n) is 23.3. The molecular formula is C33H38N4O3. The molecule has 0 bridgehead atoms. The van der Waals surface area contributed by atoms with Gasteiger partial charge in [0.25, 0.3) is 5.91 Å². The van der Waals surface area contributed by atoms with Crippen molar-refractivity contribution in [1.82, 2.24) is 20.3 Å². The lowest BCUT2D eigenvalue weighted by atomic mass is 10.0. The van der Waals surface area contributed by atoms with Crippen molar-refractivity contribution in [2.45, 2.75) is 31.8 Å². The Morgan fingerprint density at radius 2 is 1.98 bits per heavy atom. The highest BCUT2D eigenvalue weighted by Gasteiger charge is 2.28. The van der Waals surface area contributed by atoms with Gasteiger partial charge in [-0.3, -0.25) is 14.9 Å². The maximum atomic E-state index is 11.4. The molecule has 0 fully saturated rings. The molecule has 3 N–H and O–H groups in total. The summed E-state index contributed by atoms with van der Waals surface area (Å²) in [6, 6.07) is 23.7. The fourth-order valence-corrected chi connectivity index (χ4v) is 5.57. The molecule has 4 aromatic rings. The van der Waals surface area contributed by atoms with E-state index in [1.807, 2.05) is 6.07 Å². The maximum Gasteiger partial charge on any atom is 0.267 e. The Bertz CT molecular complexity index is 1480. The van der Waals surface area contributed by atoms with E-state index in [0.29, 0.717) is 12.6 Å². The minimum atomic E-state index is -0.533. The van der Waals surface area contributed by atoms with Crippen LogP contribution in [0.15, 0.2) is 79.0 Å². The van der Waals surface area contributed by atoms with E-state index in [9.17, 15) is 4.79 Å². The molecule has 1 heterocycles. The Hall–Kier alpha value is -3.91. The Labute approximate surface area is 236 Å². The third kappa shape index (κ3) is 6.80. The van der Waals surface area contributed by atoms with E-state index in [-0.39, 0.29) is 0 Å². The predicted octanol–water partition coefficient (Wildman–Crippen LogP) is 5.36. The smallest absolute Gasteiger partial charge is 0.267 e. The maximum absolute atomic E-state index is 11.4. The van der Waals surface area contributed by atoms with Gasteiger partial charge in [-0.1, -0.05) is 48.5 Å².